The van der Waals surface area contributed by atoms with Crippen LogP contribution in [0.25, 0.3) is 10.8 Å². The van der Waals surface area contributed by atoms with Crippen molar-refractivity contribution in [3.05, 3.63) is 71.2 Å². The van der Waals surface area contributed by atoms with Crippen LogP contribution in [0.5, 0.6) is 0 Å². The summed E-state index contributed by atoms with van der Waals surface area (Å²) in [4.78, 5) is 26.9. The number of amides is 2. The highest BCUT2D eigenvalue weighted by Crippen LogP contribution is 2.33. The minimum Gasteiger partial charge on any atom is -0.345 e. The van der Waals surface area contributed by atoms with E-state index in [2.05, 4.69) is 5.32 Å². The Morgan fingerprint density at radius 2 is 1.74 bits per heavy atom. The first kappa shape index (κ1) is 19.3. The van der Waals surface area contributed by atoms with E-state index in [1.807, 2.05) is 36.4 Å². The van der Waals surface area contributed by atoms with Gasteiger partial charge < -0.3 is 10.2 Å². The standard InChI is InChI=1S/C21H19ClN2O2S/c1-24(2)21(26)15-8-3-9-16(12-15)23-19(25)13-27-18-11-5-7-14-6-4-10-17(22)20(14)18/h3-12H,13H2,1-2H3,(H,23,25). The van der Waals surface area contributed by atoms with Crippen LogP contribution >= 0.6 is 23.4 Å². The zero-order valence-electron chi connectivity index (χ0n) is 15.0. The van der Waals surface area contributed by atoms with E-state index in [9.17, 15) is 9.59 Å². The van der Waals surface area contributed by atoms with Gasteiger partial charge >= 0.3 is 0 Å². The van der Waals surface area contributed by atoms with Crippen molar-refractivity contribution in [2.75, 3.05) is 25.2 Å². The molecule has 0 fully saturated rings. The molecule has 0 radical (unpaired) electrons. The molecule has 3 aromatic rings. The SMILES string of the molecule is CN(C)C(=O)c1cccc(NC(=O)CSc2cccc3cccc(Cl)c23)c1. The highest BCUT2D eigenvalue weighted by atomic mass is 35.5. The second kappa shape index (κ2) is 8.46. The fourth-order valence-electron chi connectivity index (χ4n) is 2.71. The van der Waals surface area contributed by atoms with Crippen LogP contribution in [0.15, 0.2) is 65.6 Å². The zero-order chi connectivity index (χ0) is 19.4. The summed E-state index contributed by atoms with van der Waals surface area (Å²) < 4.78 is 0. The van der Waals surface area contributed by atoms with Gasteiger partial charge in [-0.1, -0.05) is 41.9 Å². The molecule has 0 atom stereocenters. The molecule has 27 heavy (non-hydrogen) atoms. The molecule has 0 aliphatic heterocycles. The molecular formula is C21H19ClN2O2S. The fraction of sp³-hybridized carbons (Fsp3) is 0.143. The van der Waals surface area contributed by atoms with Gasteiger partial charge in [0.25, 0.3) is 5.91 Å². The van der Waals surface area contributed by atoms with E-state index in [0.29, 0.717) is 16.3 Å². The summed E-state index contributed by atoms with van der Waals surface area (Å²) in [5.41, 5.74) is 1.13. The molecule has 0 saturated carbocycles. The summed E-state index contributed by atoms with van der Waals surface area (Å²) in [6.07, 6.45) is 0. The Morgan fingerprint density at radius 3 is 2.48 bits per heavy atom. The van der Waals surface area contributed by atoms with Crippen LogP contribution in [0, 0.1) is 0 Å². The van der Waals surface area contributed by atoms with Crippen LogP contribution in [0.1, 0.15) is 10.4 Å². The van der Waals surface area contributed by atoms with Gasteiger partial charge in [-0.3, -0.25) is 9.59 Å². The number of nitrogens with one attached hydrogen (secondary N) is 1. The van der Waals surface area contributed by atoms with Crippen molar-refractivity contribution in [3.63, 3.8) is 0 Å². The molecule has 0 saturated heterocycles. The number of carbonyl (C=O) groups excluding carboxylic acids is 2. The van der Waals surface area contributed by atoms with Gasteiger partial charge in [-0.15, -0.1) is 11.8 Å². The van der Waals surface area contributed by atoms with Crippen LogP contribution in [-0.2, 0) is 4.79 Å². The second-order valence-electron chi connectivity index (χ2n) is 6.21. The molecule has 1 N–H and O–H groups in total. The van der Waals surface area contributed by atoms with E-state index < -0.39 is 0 Å². The molecule has 0 bridgehead atoms. The summed E-state index contributed by atoms with van der Waals surface area (Å²) >= 11 is 7.77. The molecule has 2 amide bonds. The Bertz CT molecular complexity index is 999. The Balaban J connectivity index is 1.69. The number of hydrogen-bond donors (Lipinski definition) is 1. The first-order valence-corrected chi connectivity index (χ1v) is 9.73. The van der Waals surface area contributed by atoms with Crippen molar-refractivity contribution in [3.8, 4) is 0 Å². The number of nitrogens with zero attached hydrogens (tertiary/aromatic N) is 1. The van der Waals surface area contributed by atoms with E-state index in [4.69, 9.17) is 11.6 Å². The zero-order valence-corrected chi connectivity index (χ0v) is 16.6. The third-order valence-electron chi connectivity index (χ3n) is 3.97. The van der Waals surface area contributed by atoms with Crippen molar-refractivity contribution in [1.29, 1.82) is 0 Å². The summed E-state index contributed by atoms with van der Waals surface area (Å²) in [5.74, 6) is 0.000277. The minimum atomic E-state index is -0.140. The molecule has 138 valence electrons. The first-order chi connectivity index (χ1) is 13.0. The molecule has 6 heteroatoms. The lowest BCUT2D eigenvalue weighted by atomic mass is 10.1. The Kier molecular flexibility index (Phi) is 6.04. The van der Waals surface area contributed by atoms with Crippen molar-refractivity contribution >= 4 is 51.6 Å². The molecule has 3 aromatic carbocycles. The summed E-state index contributed by atoms with van der Waals surface area (Å²) in [6, 6.07) is 18.6. The third kappa shape index (κ3) is 4.62. The van der Waals surface area contributed by atoms with E-state index in [0.717, 1.165) is 15.7 Å². The Morgan fingerprint density at radius 1 is 1.04 bits per heavy atom. The quantitative estimate of drug-likeness (QED) is 0.620. The summed E-state index contributed by atoms with van der Waals surface area (Å²) in [5, 5.41) is 5.52. The van der Waals surface area contributed by atoms with E-state index in [1.54, 1.807) is 38.4 Å². The van der Waals surface area contributed by atoms with Crippen molar-refractivity contribution < 1.29 is 9.59 Å². The van der Waals surface area contributed by atoms with Gasteiger partial charge in [-0.05, 0) is 35.7 Å². The number of anilines is 1. The van der Waals surface area contributed by atoms with Crippen LogP contribution in [-0.4, -0.2) is 36.6 Å². The molecule has 0 aliphatic carbocycles. The van der Waals surface area contributed by atoms with Crippen molar-refractivity contribution in [2.45, 2.75) is 4.90 Å². The molecule has 0 spiro atoms. The molecule has 4 nitrogen and oxygen atoms in total. The molecule has 0 aliphatic rings. The van der Waals surface area contributed by atoms with Gasteiger partial charge in [0.15, 0.2) is 0 Å². The predicted octanol–water partition coefficient (Wildman–Crippen LogP) is 4.93. The molecule has 0 aromatic heterocycles. The highest BCUT2D eigenvalue weighted by molar-refractivity contribution is 8.00. The number of rotatable bonds is 5. The van der Waals surface area contributed by atoms with E-state index in [1.165, 1.54) is 16.7 Å². The number of thioether (sulfide) groups is 1. The van der Waals surface area contributed by atoms with Crippen LogP contribution in [0.3, 0.4) is 0 Å². The van der Waals surface area contributed by atoms with Crippen molar-refractivity contribution in [1.82, 2.24) is 4.90 Å². The Labute approximate surface area is 167 Å². The molecule has 0 unspecified atom stereocenters. The predicted molar refractivity (Wildman–Crippen MR) is 113 cm³/mol. The fourth-order valence-corrected chi connectivity index (χ4v) is 3.96. The number of carbonyl (C=O) groups is 2. The maximum atomic E-state index is 12.4. The average molecular weight is 399 g/mol. The lowest BCUT2D eigenvalue weighted by Gasteiger charge is -2.12. The van der Waals surface area contributed by atoms with Gasteiger partial charge in [0.1, 0.15) is 0 Å². The monoisotopic (exact) mass is 398 g/mol. The topological polar surface area (TPSA) is 49.4 Å². The molecule has 3 rings (SSSR count). The maximum Gasteiger partial charge on any atom is 0.253 e. The van der Waals surface area contributed by atoms with Gasteiger partial charge in [0.2, 0.25) is 5.91 Å². The normalized spacial score (nSPS) is 10.6. The van der Waals surface area contributed by atoms with Crippen molar-refractivity contribution in [2.24, 2.45) is 0 Å². The van der Waals surface area contributed by atoms with Crippen LogP contribution in [0.2, 0.25) is 5.02 Å². The summed E-state index contributed by atoms with van der Waals surface area (Å²) in [7, 11) is 3.39. The number of fused-ring (bicyclic) bond motifs is 1. The smallest absolute Gasteiger partial charge is 0.253 e. The van der Waals surface area contributed by atoms with E-state index in [-0.39, 0.29) is 17.6 Å². The largest absolute Gasteiger partial charge is 0.345 e. The number of halogens is 1. The molecule has 0 heterocycles. The average Bonchev–Trinajstić information content (AvgIpc) is 2.66. The molecular weight excluding hydrogens is 380 g/mol. The number of hydrogen-bond acceptors (Lipinski definition) is 3. The van der Waals surface area contributed by atoms with Gasteiger partial charge in [0.05, 0.1) is 5.75 Å². The van der Waals surface area contributed by atoms with Gasteiger partial charge in [0, 0.05) is 40.7 Å². The maximum absolute atomic E-state index is 12.4. The van der Waals surface area contributed by atoms with E-state index >= 15 is 0 Å². The van der Waals surface area contributed by atoms with Crippen LogP contribution < -0.4 is 5.32 Å². The second-order valence-corrected chi connectivity index (χ2v) is 7.64. The lowest BCUT2D eigenvalue weighted by Crippen LogP contribution is -2.22. The third-order valence-corrected chi connectivity index (χ3v) is 5.35. The Hall–Kier alpha value is -2.50. The summed E-state index contributed by atoms with van der Waals surface area (Å²) in [6.45, 7) is 0. The highest BCUT2D eigenvalue weighted by Gasteiger charge is 2.11. The van der Waals surface area contributed by atoms with Crippen LogP contribution in [0.4, 0.5) is 5.69 Å². The number of benzene rings is 3. The first-order valence-electron chi connectivity index (χ1n) is 8.37. The lowest BCUT2D eigenvalue weighted by molar-refractivity contribution is -0.113. The minimum absolute atomic E-state index is 0.106. The van der Waals surface area contributed by atoms with Gasteiger partial charge in [-0.2, -0.15) is 0 Å². The van der Waals surface area contributed by atoms with Gasteiger partial charge in [-0.25, -0.2) is 0 Å².